The number of rotatable bonds is 5. The molecule has 0 atom stereocenters. The van der Waals surface area contributed by atoms with E-state index in [2.05, 4.69) is 0 Å². The van der Waals surface area contributed by atoms with E-state index in [9.17, 15) is 9.59 Å². The fourth-order valence-corrected chi connectivity index (χ4v) is 2.45. The van der Waals surface area contributed by atoms with E-state index in [0.717, 1.165) is 11.3 Å². The molecule has 0 amide bonds. The van der Waals surface area contributed by atoms with E-state index in [1.54, 1.807) is 13.8 Å². The first-order chi connectivity index (χ1) is 8.88. The van der Waals surface area contributed by atoms with Crippen molar-refractivity contribution in [2.24, 2.45) is 5.92 Å². The van der Waals surface area contributed by atoms with E-state index in [1.807, 2.05) is 13.8 Å². The summed E-state index contributed by atoms with van der Waals surface area (Å²) in [7, 11) is 0. The molecular formula is C13H19NO4S. The van der Waals surface area contributed by atoms with Crippen LogP contribution < -0.4 is 5.73 Å². The number of carbonyl (C=O) groups is 2. The average Bonchev–Trinajstić information content (AvgIpc) is 2.62. The van der Waals surface area contributed by atoms with Gasteiger partial charge < -0.3 is 15.2 Å². The molecule has 0 fully saturated rings. The van der Waals surface area contributed by atoms with E-state index in [1.165, 1.54) is 0 Å². The Morgan fingerprint density at radius 2 is 1.89 bits per heavy atom. The zero-order valence-corrected chi connectivity index (χ0v) is 12.4. The van der Waals surface area contributed by atoms with Crippen LogP contribution in [0.25, 0.3) is 0 Å². The summed E-state index contributed by atoms with van der Waals surface area (Å²) >= 11 is 1.06. The summed E-state index contributed by atoms with van der Waals surface area (Å²) < 4.78 is 10.1. The maximum Gasteiger partial charge on any atom is 0.348 e. The van der Waals surface area contributed by atoms with Gasteiger partial charge in [-0.25, -0.2) is 9.59 Å². The minimum Gasteiger partial charge on any atom is -0.462 e. The third-order valence-corrected chi connectivity index (χ3v) is 3.49. The fourth-order valence-electron chi connectivity index (χ4n) is 1.50. The van der Waals surface area contributed by atoms with Crippen molar-refractivity contribution >= 4 is 28.3 Å². The minimum atomic E-state index is -0.503. The molecule has 1 aromatic rings. The van der Waals surface area contributed by atoms with Crippen molar-refractivity contribution in [1.29, 1.82) is 0 Å². The molecule has 0 spiro atoms. The molecule has 1 heterocycles. The van der Waals surface area contributed by atoms with Gasteiger partial charge in [0.15, 0.2) is 0 Å². The number of nitrogen functional groups attached to an aromatic ring is 1. The van der Waals surface area contributed by atoms with Crippen LogP contribution in [0.2, 0.25) is 0 Å². The Labute approximate surface area is 116 Å². The molecule has 0 saturated carbocycles. The first kappa shape index (κ1) is 15.5. The zero-order chi connectivity index (χ0) is 14.6. The van der Waals surface area contributed by atoms with Crippen molar-refractivity contribution in [2.75, 3.05) is 18.9 Å². The summed E-state index contributed by atoms with van der Waals surface area (Å²) in [4.78, 5) is 24.0. The van der Waals surface area contributed by atoms with Gasteiger partial charge in [-0.3, -0.25) is 0 Å². The molecule has 0 aromatic carbocycles. The number of nitrogens with two attached hydrogens (primary N) is 1. The number of hydrogen-bond acceptors (Lipinski definition) is 6. The molecule has 1 rings (SSSR count). The molecular weight excluding hydrogens is 266 g/mol. The largest absolute Gasteiger partial charge is 0.462 e. The monoisotopic (exact) mass is 285 g/mol. The molecule has 0 radical (unpaired) electrons. The van der Waals surface area contributed by atoms with Gasteiger partial charge in [-0.2, -0.15) is 0 Å². The third kappa shape index (κ3) is 3.70. The van der Waals surface area contributed by atoms with Crippen LogP contribution in [0.4, 0.5) is 5.00 Å². The average molecular weight is 285 g/mol. The number of hydrogen-bond donors (Lipinski definition) is 1. The number of ether oxygens (including phenoxy) is 2. The Morgan fingerprint density at radius 3 is 2.42 bits per heavy atom. The van der Waals surface area contributed by atoms with Gasteiger partial charge in [0.25, 0.3) is 0 Å². The van der Waals surface area contributed by atoms with Gasteiger partial charge in [0.1, 0.15) is 9.88 Å². The van der Waals surface area contributed by atoms with Gasteiger partial charge in [0, 0.05) is 0 Å². The second-order valence-electron chi connectivity index (χ2n) is 4.51. The SMILES string of the molecule is CCOC(=O)c1c(N)sc(C(=O)OCC(C)C)c1C. The van der Waals surface area contributed by atoms with Gasteiger partial charge in [-0.1, -0.05) is 13.8 Å². The van der Waals surface area contributed by atoms with Crippen LogP contribution in [-0.4, -0.2) is 25.2 Å². The number of thiophene rings is 1. The van der Waals surface area contributed by atoms with Crippen LogP contribution >= 0.6 is 11.3 Å². The molecule has 19 heavy (non-hydrogen) atoms. The highest BCUT2D eigenvalue weighted by Gasteiger charge is 2.25. The lowest BCUT2D eigenvalue weighted by Gasteiger charge is -2.06. The lowest BCUT2D eigenvalue weighted by molar-refractivity contribution is 0.0464. The third-order valence-electron chi connectivity index (χ3n) is 2.39. The van der Waals surface area contributed by atoms with E-state index in [-0.39, 0.29) is 23.1 Å². The summed E-state index contributed by atoms with van der Waals surface area (Å²) in [5, 5.41) is 0.285. The highest BCUT2D eigenvalue weighted by Crippen LogP contribution is 2.31. The van der Waals surface area contributed by atoms with Crippen LogP contribution in [0.3, 0.4) is 0 Å². The minimum absolute atomic E-state index is 0.256. The van der Waals surface area contributed by atoms with Gasteiger partial charge in [0.2, 0.25) is 0 Å². The highest BCUT2D eigenvalue weighted by molar-refractivity contribution is 7.18. The van der Waals surface area contributed by atoms with Crippen LogP contribution in [0.15, 0.2) is 0 Å². The Morgan fingerprint density at radius 1 is 1.26 bits per heavy atom. The first-order valence-corrected chi connectivity index (χ1v) is 6.93. The molecule has 1 aromatic heterocycles. The van der Waals surface area contributed by atoms with E-state index in [0.29, 0.717) is 17.0 Å². The highest BCUT2D eigenvalue weighted by atomic mass is 32.1. The van der Waals surface area contributed by atoms with Gasteiger partial charge >= 0.3 is 11.9 Å². The number of anilines is 1. The summed E-state index contributed by atoms with van der Waals surface area (Å²) in [5.74, 6) is -0.693. The summed E-state index contributed by atoms with van der Waals surface area (Å²) in [5.41, 5.74) is 6.57. The molecule has 0 bridgehead atoms. The lowest BCUT2D eigenvalue weighted by atomic mass is 10.1. The molecule has 6 heteroatoms. The molecule has 2 N–H and O–H groups in total. The van der Waals surface area contributed by atoms with Crippen molar-refractivity contribution in [3.05, 3.63) is 16.0 Å². The van der Waals surface area contributed by atoms with E-state index < -0.39 is 11.9 Å². The first-order valence-electron chi connectivity index (χ1n) is 6.11. The Hall–Kier alpha value is -1.56. The van der Waals surface area contributed by atoms with Crippen LogP contribution in [0.1, 0.15) is 46.4 Å². The second-order valence-corrected chi connectivity index (χ2v) is 5.56. The van der Waals surface area contributed by atoms with Crippen molar-refractivity contribution in [3.8, 4) is 0 Å². The molecule has 0 aliphatic rings. The van der Waals surface area contributed by atoms with E-state index in [4.69, 9.17) is 15.2 Å². The molecule has 5 nitrogen and oxygen atoms in total. The molecule has 106 valence electrons. The maximum absolute atomic E-state index is 11.9. The second kappa shape index (κ2) is 6.56. The molecule has 0 saturated heterocycles. The fraction of sp³-hybridized carbons (Fsp3) is 0.538. The predicted octanol–water partition coefficient (Wildman–Crippen LogP) is 2.63. The predicted molar refractivity (Wildman–Crippen MR) is 74.5 cm³/mol. The normalized spacial score (nSPS) is 10.6. The molecule has 0 unspecified atom stereocenters. The van der Waals surface area contributed by atoms with Crippen LogP contribution in [0.5, 0.6) is 0 Å². The number of esters is 2. The maximum atomic E-state index is 11.9. The quantitative estimate of drug-likeness (QED) is 0.841. The van der Waals surface area contributed by atoms with Crippen molar-refractivity contribution in [1.82, 2.24) is 0 Å². The summed E-state index contributed by atoms with van der Waals surface area (Å²) in [6, 6.07) is 0. The summed E-state index contributed by atoms with van der Waals surface area (Å²) in [6.45, 7) is 7.89. The van der Waals surface area contributed by atoms with Gasteiger partial charge in [-0.15, -0.1) is 11.3 Å². The summed E-state index contributed by atoms with van der Waals surface area (Å²) in [6.07, 6.45) is 0. The topological polar surface area (TPSA) is 78.6 Å². The number of carbonyl (C=O) groups excluding carboxylic acids is 2. The van der Waals surface area contributed by atoms with E-state index >= 15 is 0 Å². The Balaban J connectivity index is 2.96. The molecule has 0 aliphatic carbocycles. The Kier molecular flexibility index (Phi) is 5.35. The van der Waals surface area contributed by atoms with Crippen molar-refractivity contribution in [2.45, 2.75) is 27.7 Å². The van der Waals surface area contributed by atoms with Gasteiger partial charge in [0.05, 0.1) is 18.8 Å². The van der Waals surface area contributed by atoms with Crippen LogP contribution in [-0.2, 0) is 9.47 Å². The van der Waals surface area contributed by atoms with Crippen molar-refractivity contribution in [3.63, 3.8) is 0 Å². The standard InChI is InChI=1S/C13H19NO4S/c1-5-17-12(15)9-8(4)10(19-11(9)14)13(16)18-6-7(2)3/h7H,5-6,14H2,1-4H3. The Bertz CT molecular complexity index is 479. The zero-order valence-electron chi connectivity index (χ0n) is 11.6. The van der Waals surface area contributed by atoms with Gasteiger partial charge in [-0.05, 0) is 25.3 Å². The van der Waals surface area contributed by atoms with Crippen molar-refractivity contribution < 1.29 is 19.1 Å². The van der Waals surface area contributed by atoms with Crippen LogP contribution in [0, 0.1) is 12.8 Å². The lowest BCUT2D eigenvalue weighted by Crippen LogP contribution is -2.11. The molecule has 0 aliphatic heterocycles. The smallest absolute Gasteiger partial charge is 0.348 e.